The Labute approximate surface area is 208 Å². The Bertz CT molecular complexity index is 1240. The first-order valence-electron chi connectivity index (χ1n) is 10.1. The zero-order valence-corrected chi connectivity index (χ0v) is 19.9. The lowest BCUT2D eigenvalue weighted by molar-refractivity contribution is -0.274. The van der Waals surface area contributed by atoms with E-state index in [1.54, 1.807) is 0 Å². The maximum absolute atomic E-state index is 14.1. The summed E-state index contributed by atoms with van der Waals surface area (Å²) in [6.45, 7) is 1.19. The van der Waals surface area contributed by atoms with Gasteiger partial charge in [-0.25, -0.2) is 9.78 Å². The van der Waals surface area contributed by atoms with Crippen molar-refractivity contribution < 1.29 is 37.7 Å². The van der Waals surface area contributed by atoms with Crippen molar-refractivity contribution in [3.63, 3.8) is 0 Å². The summed E-state index contributed by atoms with van der Waals surface area (Å²) in [5.74, 6) is -2.07. The Morgan fingerprint density at radius 1 is 1.11 bits per heavy atom. The number of methoxy groups -OCH3 is 1. The standard InChI is InChI=1S/C24H20Cl2F3NO5/c1-13(23(33,24(27,28)29)16-7-8-30-21(26)10-16)18-6-5-17(11-19(18)25)35-12-15-4-3-14(22(31)32)9-20(15)34-2/h3-11,13,33H,12H2,1-2H3,(H,31,32). The van der Waals surface area contributed by atoms with Gasteiger partial charge < -0.3 is 19.7 Å². The number of hydrogen-bond donors (Lipinski definition) is 2. The molecule has 0 aliphatic heterocycles. The molecule has 2 N–H and O–H groups in total. The van der Waals surface area contributed by atoms with Crippen LogP contribution in [-0.4, -0.2) is 34.5 Å². The number of aliphatic hydroxyl groups is 1. The lowest BCUT2D eigenvalue weighted by Crippen LogP contribution is -2.46. The van der Waals surface area contributed by atoms with Gasteiger partial charge >= 0.3 is 12.1 Å². The number of halogens is 5. The van der Waals surface area contributed by atoms with Crippen molar-refractivity contribution in [3.8, 4) is 11.5 Å². The molecule has 0 saturated heterocycles. The number of rotatable bonds is 8. The van der Waals surface area contributed by atoms with Gasteiger partial charge in [0.25, 0.3) is 0 Å². The fraction of sp³-hybridized carbons (Fsp3) is 0.250. The quantitative estimate of drug-likeness (QED) is 0.336. The second-order valence-corrected chi connectivity index (χ2v) is 8.45. The molecule has 11 heteroatoms. The summed E-state index contributed by atoms with van der Waals surface area (Å²) in [7, 11) is 1.38. The highest BCUT2D eigenvalue weighted by molar-refractivity contribution is 6.31. The van der Waals surface area contributed by atoms with Crippen molar-refractivity contribution in [1.29, 1.82) is 0 Å². The van der Waals surface area contributed by atoms with Crippen LogP contribution in [0.3, 0.4) is 0 Å². The van der Waals surface area contributed by atoms with E-state index in [0.717, 1.165) is 18.3 Å². The molecule has 2 unspecified atom stereocenters. The Morgan fingerprint density at radius 2 is 1.83 bits per heavy atom. The van der Waals surface area contributed by atoms with E-state index < -0.39 is 29.2 Å². The van der Waals surface area contributed by atoms with Gasteiger partial charge in [-0.3, -0.25) is 0 Å². The molecule has 0 bridgehead atoms. The van der Waals surface area contributed by atoms with Crippen LogP contribution >= 0.6 is 23.2 Å². The molecule has 2 atom stereocenters. The molecule has 0 spiro atoms. The summed E-state index contributed by atoms with van der Waals surface area (Å²) in [4.78, 5) is 14.8. The molecular weight excluding hydrogens is 510 g/mol. The molecule has 1 aromatic heterocycles. The summed E-state index contributed by atoms with van der Waals surface area (Å²) in [5.41, 5.74) is -3.13. The summed E-state index contributed by atoms with van der Waals surface area (Å²) in [6.07, 6.45) is -3.97. The van der Waals surface area contributed by atoms with Crippen LogP contribution in [0.4, 0.5) is 13.2 Å². The normalized spacial score (nSPS) is 14.2. The molecule has 2 aromatic carbocycles. The minimum atomic E-state index is -5.05. The van der Waals surface area contributed by atoms with Gasteiger partial charge in [0.2, 0.25) is 0 Å². The van der Waals surface area contributed by atoms with Crippen molar-refractivity contribution in [2.75, 3.05) is 7.11 Å². The maximum Gasteiger partial charge on any atom is 0.422 e. The molecule has 0 radical (unpaired) electrons. The highest BCUT2D eigenvalue weighted by Gasteiger charge is 2.59. The number of aromatic nitrogens is 1. The van der Waals surface area contributed by atoms with E-state index in [2.05, 4.69) is 4.98 Å². The van der Waals surface area contributed by atoms with Crippen LogP contribution in [0.25, 0.3) is 0 Å². The Kier molecular flexibility index (Phi) is 7.83. The average Bonchev–Trinajstić information content (AvgIpc) is 2.80. The van der Waals surface area contributed by atoms with Gasteiger partial charge in [-0.2, -0.15) is 13.2 Å². The molecule has 0 amide bonds. The number of pyridine rings is 1. The van der Waals surface area contributed by atoms with Gasteiger partial charge in [0.05, 0.1) is 12.7 Å². The number of carboxylic acids is 1. The number of ether oxygens (including phenoxy) is 2. The highest BCUT2D eigenvalue weighted by atomic mass is 35.5. The van der Waals surface area contributed by atoms with Gasteiger partial charge in [-0.1, -0.05) is 42.3 Å². The van der Waals surface area contributed by atoms with Gasteiger partial charge in [-0.05, 0) is 47.5 Å². The first kappa shape index (κ1) is 26.6. The molecule has 0 aliphatic rings. The van der Waals surface area contributed by atoms with Crippen molar-refractivity contribution in [3.05, 3.63) is 87.2 Å². The molecule has 6 nitrogen and oxygen atoms in total. The van der Waals surface area contributed by atoms with Crippen molar-refractivity contribution >= 4 is 29.2 Å². The number of alkyl halides is 3. The van der Waals surface area contributed by atoms with Gasteiger partial charge in [0.15, 0.2) is 5.60 Å². The number of aromatic carboxylic acids is 1. The van der Waals surface area contributed by atoms with Gasteiger partial charge in [0.1, 0.15) is 23.3 Å². The van der Waals surface area contributed by atoms with E-state index in [0.29, 0.717) is 11.3 Å². The SMILES string of the molecule is COc1cc(C(=O)O)ccc1COc1ccc(C(C)C(O)(c2ccnc(Cl)c2)C(F)(F)F)c(Cl)c1. The largest absolute Gasteiger partial charge is 0.496 e. The second-order valence-electron chi connectivity index (χ2n) is 7.66. The number of carboxylic acid groups (broad SMARTS) is 1. The van der Waals surface area contributed by atoms with E-state index in [4.69, 9.17) is 37.8 Å². The van der Waals surface area contributed by atoms with Crippen LogP contribution in [0.15, 0.2) is 54.7 Å². The zero-order valence-electron chi connectivity index (χ0n) is 18.4. The number of benzene rings is 2. The molecule has 0 saturated carbocycles. The van der Waals surface area contributed by atoms with E-state index in [1.165, 1.54) is 50.4 Å². The third-order valence-corrected chi connectivity index (χ3v) is 6.13. The monoisotopic (exact) mass is 529 g/mol. The molecule has 35 heavy (non-hydrogen) atoms. The van der Waals surface area contributed by atoms with E-state index in [-0.39, 0.29) is 33.7 Å². The second kappa shape index (κ2) is 10.3. The predicted molar refractivity (Wildman–Crippen MR) is 123 cm³/mol. The van der Waals surface area contributed by atoms with Crippen LogP contribution in [-0.2, 0) is 12.2 Å². The summed E-state index contributed by atoms with van der Waals surface area (Å²) >= 11 is 12.1. The van der Waals surface area contributed by atoms with E-state index in [1.807, 2.05) is 0 Å². The van der Waals surface area contributed by atoms with E-state index >= 15 is 0 Å². The van der Waals surface area contributed by atoms with Crippen LogP contribution in [0, 0.1) is 0 Å². The Balaban J connectivity index is 1.87. The average molecular weight is 530 g/mol. The van der Waals surface area contributed by atoms with Gasteiger partial charge in [-0.15, -0.1) is 0 Å². The summed E-state index contributed by atoms with van der Waals surface area (Å²) in [5, 5.41) is 19.7. The van der Waals surface area contributed by atoms with Crippen LogP contribution in [0.2, 0.25) is 10.2 Å². The molecule has 0 aliphatic carbocycles. The highest BCUT2D eigenvalue weighted by Crippen LogP contribution is 2.50. The van der Waals surface area contributed by atoms with Crippen LogP contribution in [0.1, 0.15) is 39.9 Å². The molecule has 3 aromatic rings. The Hall–Kier alpha value is -3.01. The van der Waals surface area contributed by atoms with Crippen LogP contribution < -0.4 is 9.47 Å². The number of hydrogen-bond acceptors (Lipinski definition) is 5. The molecule has 3 rings (SSSR count). The topological polar surface area (TPSA) is 88.9 Å². The zero-order chi connectivity index (χ0) is 26.0. The third kappa shape index (κ3) is 5.47. The predicted octanol–water partition coefficient (Wildman–Crippen LogP) is 6.23. The number of carbonyl (C=O) groups is 1. The van der Waals surface area contributed by atoms with Gasteiger partial charge in [0, 0.05) is 22.7 Å². The molecular formula is C24H20Cl2F3NO5. The lowest BCUT2D eigenvalue weighted by Gasteiger charge is -2.37. The third-order valence-electron chi connectivity index (χ3n) is 5.59. The Morgan fingerprint density at radius 3 is 2.40 bits per heavy atom. The van der Waals surface area contributed by atoms with Crippen molar-refractivity contribution in [2.45, 2.75) is 31.2 Å². The number of nitrogens with zero attached hydrogens (tertiary/aromatic N) is 1. The maximum atomic E-state index is 14.1. The van der Waals surface area contributed by atoms with Crippen molar-refractivity contribution in [1.82, 2.24) is 4.98 Å². The first-order valence-corrected chi connectivity index (χ1v) is 10.9. The summed E-state index contributed by atoms with van der Waals surface area (Å²) in [6, 6.07) is 10.4. The fourth-order valence-corrected chi connectivity index (χ4v) is 4.14. The lowest BCUT2D eigenvalue weighted by atomic mass is 9.78. The molecule has 0 fully saturated rings. The fourth-order valence-electron chi connectivity index (χ4n) is 3.63. The molecule has 1 heterocycles. The van der Waals surface area contributed by atoms with E-state index in [9.17, 15) is 23.1 Å². The van der Waals surface area contributed by atoms with Crippen LogP contribution in [0.5, 0.6) is 11.5 Å². The smallest absolute Gasteiger partial charge is 0.422 e. The summed E-state index contributed by atoms with van der Waals surface area (Å²) < 4.78 is 53.2. The minimum Gasteiger partial charge on any atom is -0.496 e. The minimum absolute atomic E-state index is 0.0176. The molecule has 186 valence electrons. The first-order chi connectivity index (χ1) is 16.4. The van der Waals surface area contributed by atoms with Crippen molar-refractivity contribution in [2.24, 2.45) is 0 Å².